The summed E-state index contributed by atoms with van der Waals surface area (Å²) in [6.07, 6.45) is -7.15. The Balaban J connectivity index is 1.27. The monoisotopic (exact) mass is 864 g/mol. The van der Waals surface area contributed by atoms with Crippen molar-refractivity contribution in [3.05, 3.63) is 107 Å². The van der Waals surface area contributed by atoms with E-state index in [2.05, 4.69) is 10.2 Å². The average molecular weight is 865 g/mol. The Kier molecular flexibility index (Phi) is 17.3. The SMILES string of the molecule is CC(=O)OC[C@H]1O[C@@H](CC(=S)NCc2ccc(C3O[C@H](CN(C)[C@@H](C)[C@H](O)c4ccccc4)C[C@H](c4ccc(CO)cc4)O3)cc2)[C@H](OC(C)=O)[C@@H](OC(C)=O)[C@@H]1OC(C)=O. The molecule has 3 N–H and O–H groups in total. The van der Waals surface area contributed by atoms with E-state index in [1.54, 1.807) is 0 Å². The van der Waals surface area contributed by atoms with E-state index in [4.69, 9.17) is 45.4 Å². The fourth-order valence-electron chi connectivity index (χ4n) is 7.42. The number of nitrogens with one attached hydrogen (secondary N) is 1. The van der Waals surface area contributed by atoms with Gasteiger partial charge in [-0.25, -0.2) is 0 Å². The third-order valence-electron chi connectivity index (χ3n) is 10.6. The lowest BCUT2D eigenvalue weighted by molar-refractivity contribution is -0.253. The first kappa shape index (κ1) is 47.2. The van der Waals surface area contributed by atoms with Crippen LogP contribution in [0.5, 0.6) is 0 Å². The number of ether oxygens (including phenoxy) is 7. The van der Waals surface area contributed by atoms with Gasteiger partial charge in [-0.1, -0.05) is 91.1 Å². The first-order valence-corrected chi connectivity index (χ1v) is 20.6. The third kappa shape index (κ3) is 13.6. The first-order chi connectivity index (χ1) is 29.1. The maximum absolute atomic E-state index is 12.3. The highest BCUT2D eigenvalue weighted by atomic mass is 32.1. The number of hydrogen-bond donors (Lipinski definition) is 3. The number of esters is 4. The zero-order valence-electron chi connectivity index (χ0n) is 35.3. The molecule has 2 fully saturated rings. The molecule has 10 atom stereocenters. The van der Waals surface area contributed by atoms with E-state index >= 15 is 0 Å². The van der Waals surface area contributed by atoms with Crippen molar-refractivity contribution in [2.45, 2.75) is 122 Å². The lowest BCUT2D eigenvalue weighted by Gasteiger charge is -2.44. The van der Waals surface area contributed by atoms with Gasteiger partial charge in [-0.05, 0) is 36.2 Å². The molecular weight excluding hydrogens is 809 g/mol. The summed E-state index contributed by atoms with van der Waals surface area (Å²) < 4.78 is 41.1. The number of likely N-dealkylation sites (N-methyl/N-ethyl adjacent to an activating group) is 1. The summed E-state index contributed by atoms with van der Waals surface area (Å²) in [5.74, 6) is -2.73. The van der Waals surface area contributed by atoms with E-state index in [9.17, 15) is 29.4 Å². The van der Waals surface area contributed by atoms with Crippen molar-refractivity contribution < 1.29 is 62.5 Å². The smallest absolute Gasteiger partial charge is 0.303 e. The quantitative estimate of drug-likeness (QED) is 0.0961. The molecule has 3 aromatic rings. The molecule has 5 rings (SSSR count). The molecule has 2 aliphatic rings. The minimum atomic E-state index is -1.28. The van der Waals surface area contributed by atoms with Crippen molar-refractivity contribution in [2.75, 3.05) is 20.2 Å². The first-order valence-electron chi connectivity index (χ1n) is 20.2. The number of rotatable bonds is 17. The van der Waals surface area contributed by atoms with Crippen LogP contribution in [0.2, 0.25) is 0 Å². The lowest BCUT2D eigenvalue weighted by atomic mass is 9.92. The Morgan fingerprint density at radius 3 is 1.93 bits per heavy atom. The van der Waals surface area contributed by atoms with Crippen LogP contribution in [0.3, 0.4) is 0 Å². The number of aliphatic hydroxyl groups is 2. The molecule has 0 aliphatic carbocycles. The molecule has 15 nitrogen and oxygen atoms in total. The molecule has 0 aromatic heterocycles. The molecule has 0 bridgehead atoms. The van der Waals surface area contributed by atoms with Crippen molar-refractivity contribution in [1.82, 2.24) is 10.2 Å². The molecule has 3 aromatic carbocycles. The van der Waals surface area contributed by atoms with Crippen molar-refractivity contribution in [2.24, 2.45) is 0 Å². The molecule has 0 saturated carbocycles. The minimum Gasteiger partial charge on any atom is -0.463 e. The highest BCUT2D eigenvalue weighted by Crippen LogP contribution is 2.39. The van der Waals surface area contributed by atoms with Gasteiger partial charge in [0.05, 0.1) is 29.9 Å². The lowest BCUT2D eigenvalue weighted by Crippen LogP contribution is -2.62. The van der Waals surface area contributed by atoms with Crippen LogP contribution in [0.1, 0.15) is 93.8 Å². The number of thiocarbonyl (C=S) groups is 1. The summed E-state index contributed by atoms with van der Waals surface area (Å²) in [7, 11) is 1.97. The molecule has 2 aliphatic heterocycles. The van der Waals surface area contributed by atoms with Gasteiger partial charge in [-0.15, -0.1) is 0 Å². The van der Waals surface area contributed by atoms with E-state index in [1.165, 1.54) is 20.8 Å². The molecule has 16 heteroatoms. The van der Waals surface area contributed by atoms with Gasteiger partial charge in [0.1, 0.15) is 18.8 Å². The molecule has 61 heavy (non-hydrogen) atoms. The van der Waals surface area contributed by atoms with Crippen LogP contribution in [0.25, 0.3) is 0 Å². The molecule has 330 valence electrons. The molecule has 0 amide bonds. The van der Waals surface area contributed by atoms with Crippen LogP contribution in [0, 0.1) is 0 Å². The second-order valence-electron chi connectivity index (χ2n) is 15.3. The minimum absolute atomic E-state index is 0.00768. The summed E-state index contributed by atoms with van der Waals surface area (Å²) in [6.45, 7) is 7.16. The fraction of sp³-hybridized carbons (Fsp3) is 0.489. The topological polar surface area (TPSA) is 189 Å². The number of hydrogen-bond acceptors (Lipinski definition) is 15. The maximum atomic E-state index is 12.3. The molecule has 1 unspecified atom stereocenters. The highest BCUT2D eigenvalue weighted by molar-refractivity contribution is 7.80. The van der Waals surface area contributed by atoms with Gasteiger partial charge in [0.2, 0.25) is 0 Å². The normalized spacial score (nSPS) is 24.8. The zero-order valence-corrected chi connectivity index (χ0v) is 36.1. The van der Waals surface area contributed by atoms with Crippen molar-refractivity contribution in [3.8, 4) is 0 Å². The number of carbonyl (C=O) groups excluding carboxylic acids is 4. The summed E-state index contributed by atoms with van der Waals surface area (Å²) >= 11 is 5.70. The molecule has 0 spiro atoms. The van der Waals surface area contributed by atoms with Gasteiger partial charge in [0.15, 0.2) is 24.6 Å². The van der Waals surface area contributed by atoms with E-state index in [1.807, 2.05) is 92.8 Å². The van der Waals surface area contributed by atoms with Crippen molar-refractivity contribution >= 4 is 41.1 Å². The van der Waals surface area contributed by atoms with Crippen LogP contribution in [0.4, 0.5) is 0 Å². The van der Waals surface area contributed by atoms with Gasteiger partial charge in [0.25, 0.3) is 0 Å². The molecule has 0 radical (unpaired) electrons. The highest BCUT2D eigenvalue weighted by Gasteiger charge is 2.52. The second kappa shape index (κ2) is 22.3. The van der Waals surface area contributed by atoms with Crippen LogP contribution >= 0.6 is 12.2 Å². The predicted octanol–water partition coefficient (Wildman–Crippen LogP) is 4.71. The van der Waals surface area contributed by atoms with E-state index in [0.717, 1.165) is 34.7 Å². The maximum Gasteiger partial charge on any atom is 0.303 e. The summed E-state index contributed by atoms with van der Waals surface area (Å²) in [6, 6.07) is 24.7. The summed E-state index contributed by atoms with van der Waals surface area (Å²) in [5.41, 5.74) is 4.27. The van der Waals surface area contributed by atoms with Crippen LogP contribution in [0.15, 0.2) is 78.9 Å². The van der Waals surface area contributed by atoms with Crippen molar-refractivity contribution in [1.29, 1.82) is 0 Å². The zero-order chi connectivity index (χ0) is 44.2. The van der Waals surface area contributed by atoms with E-state index < -0.39 is 66.8 Å². The van der Waals surface area contributed by atoms with Gasteiger partial charge in [-0.3, -0.25) is 24.1 Å². The van der Waals surface area contributed by atoms with Crippen LogP contribution in [-0.2, 0) is 65.5 Å². The van der Waals surface area contributed by atoms with Gasteiger partial charge < -0.3 is 48.7 Å². The van der Waals surface area contributed by atoms with Gasteiger partial charge >= 0.3 is 23.9 Å². The van der Waals surface area contributed by atoms with Crippen LogP contribution in [-0.4, -0.2) is 107 Å². The van der Waals surface area contributed by atoms with Crippen molar-refractivity contribution in [3.63, 3.8) is 0 Å². The number of nitrogens with zero attached hydrogens (tertiary/aromatic N) is 1. The standard InChI is InChI=1S/C45H56N2O13S/c1-26(41(53)34-10-8-7-9-11-34)47(6)23-36-20-37(33-16-14-32(24-48)15-17-33)60-45(58-36)35-18-12-31(13-19-35)22-46-40(61)21-38-42(55-28(3)50)44(57-30(5)52)43(56-29(4)51)39(59-38)25-54-27(2)49/h7-19,26,36-39,41-45,48,53H,20-25H2,1-6H3,(H,46,61)/t26-,36-,37+,38-,39+,41-,42-,43+,44+,45?/m0/s1. The Bertz CT molecular complexity index is 1930. The van der Waals surface area contributed by atoms with E-state index in [0.29, 0.717) is 24.5 Å². The van der Waals surface area contributed by atoms with Gasteiger partial charge in [-0.2, -0.15) is 0 Å². The number of benzene rings is 3. The number of carbonyl (C=O) groups is 4. The largest absolute Gasteiger partial charge is 0.463 e. The van der Waals surface area contributed by atoms with Crippen LogP contribution < -0.4 is 5.32 Å². The fourth-order valence-corrected chi connectivity index (χ4v) is 7.66. The molecular formula is C45H56N2O13S. The summed E-state index contributed by atoms with van der Waals surface area (Å²) in [4.78, 5) is 50.7. The Morgan fingerprint density at radius 1 is 0.770 bits per heavy atom. The third-order valence-corrected chi connectivity index (χ3v) is 10.9. The predicted molar refractivity (Wildman–Crippen MR) is 224 cm³/mol. The van der Waals surface area contributed by atoms with Gasteiger partial charge in [0, 0.05) is 65.2 Å². The average Bonchev–Trinajstić information content (AvgIpc) is 3.23. The van der Waals surface area contributed by atoms with E-state index in [-0.39, 0.29) is 37.9 Å². The summed E-state index contributed by atoms with van der Waals surface area (Å²) in [5, 5.41) is 24.0. The Morgan fingerprint density at radius 2 is 1.34 bits per heavy atom. The molecule has 2 heterocycles. The Labute approximate surface area is 361 Å². The Hall–Kier alpha value is -4.81. The number of aliphatic hydroxyl groups excluding tert-OH is 2. The molecule has 2 saturated heterocycles. The second-order valence-corrected chi connectivity index (χ2v) is 15.8.